The first-order valence-corrected chi connectivity index (χ1v) is 8.15. The normalized spacial score (nSPS) is 10.9. The van der Waals surface area contributed by atoms with Crippen molar-refractivity contribution in [1.29, 1.82) is 0 Å². The van der Waals surface area contributed by atoms with E-state index < -0.39 is 0 Å². The van der Waals surface area contributed by atoms with E-state index in [9.17, 15) is 9.18 Å². The van der Waals surface area contributed by atoms with Crippen molar-refractivity contribution in [1.82, 2.24) is 14.9 Å². The molecule has 5 heteroatoms. The predicted octanol–water partition coefficient (Wildman–Crippen LogP) is 3.56. The number of nitrogens with zero attached hydrogens (tertiary/aromatic N) is 2. The first-order valence-electron chi connectivity index (χ1n) is 8.15. The van der Waals surface area contributed by atoms with Gasteiger partial charge in [-0.3, -0.25) is 4.79 Å². The number of aryl methyl sites for hydroxylation is 1. The van der Waals surface area contributed by atoms with Crippen LogP contribution in [0.4, 0.5) is 4.39 Å². The summed E-state index contributed by atoms with van der Waals surface area (Å²) in [6, 6.07) is 9.55. The van der Waals surface area contributed by atoms with Crippen LogP contribution in [0.15, 0.2) is 48.8 Å². The Labute approximate surface area is 140 Å². The highest BCUT2D eigenvalue weighted by Crippen LogP contribution is 2.20. The van der Waals surface area contributed by atoms with Crippen LogP contribution in [0.1, 0.15) is 29.3 Å². The van der Waals surface area contributed by atoms with Crippen LogP contribution in [-0.4, -0.2) is 22.0 Å². The van der Waals surface area contributed by atoms with E-state index in [0.29, 0.717) is 12.1 Å². The summed E-state index contributed by atoms with van der Waals surface area (Å²) >= 11 is 0. The van der Waals surface area contributed by atoms with Gasteiger partial charge in [0.25, 0.3) is 5.91 Å². The molecule has 0 radical (unpaired) electrons. The number of hydrogen-bond acceptors (Lipinski definition) is 2. The fourth-order valence-electron chi connectivity index (χ4n) is 2.82. The number of halogens is 1. The van der Waals surface area contributed by atoms with E-state index in [1.54, 1.807) is 6.20 Å². The number of carbonyl (C=O) groups is 1. The van der Waals surface area contributed by atoms with Crippen molar-refractivity contribution in [3.05, 3.63) is 65.7 Å². The third-order valence-electron chi connectivity index (χ3n) is 3.97. The molecule has 0 atom stereocenters. The second-order valence-electron chi connectivity index (χ2n) is 5.74. The number of hydrogen-bond donors (Lipinski definition) is 1. The molecular weight excluding hydrogens is 305 g/mol. The molecule has 124 valence electrons. The van der Waals surface area contributed by atoms with Gasteiger partial charge in [0.15, 0.2) is 0 Å². The van der Waals surface area contributed by atoms with Gasteiger partial charge in [0.05, 0.1) is 0 Å². The summed E-state index contributed by atoms with van der Waals surface area (Å²) < 4.78 is 15.1. The van der Waals surface area contributed by atoms with Crippen molar-refractivity contribution in [2.24, 2.45) is 0 Å². The molecule has 0 aliphatic rings. The molecule has 0 saturated carbocycles. The average molecular weight is 325 g/mol. The van der Waals surface area contributed by atoms with Gasteiger partial charge in [-0.25, -0.2) is 9.37 Å². The number of aromatic nitrogens is 2. The molecular formula is C19H20FN3O. The standard InChI is InChI=1S/C19H20FN3O/c1-2-12-23-13-15(17-4-3-10-21-18(17)23)9-11-22-19(24)14-5-7-16(20)8-6-14/h3-8,10,13H,2,9,11-12H2,1H3,(H,22,24). The summed E-state index contributed by atoms with van der Waals surface area (Å²) in [5, 5.41) is 4.01. The van der Waals surface area contributed by atoms with Crippen molar-refractivity contribution in [3.8, 4) is 0 Å². The summed E-state index contributed by atoms with van der Waals surface area (Å²) in [7, 11) is 0. The molecule has 0 fully saturated rings. The van der Waals surface area contributed by atoms with Gasteiger partial charge >= 0.3 is 0 Å². The van der Waals surface area contributed by atoms with Crippen LogP contribution in [0.3, 0.4) is 0 Å². The molecule has 0 bridgehead atoms. The molecule has 3 aromatic rings. The van der Waals surface area contributed by atoms with Crippen LogP contribution in [0.5, 0.6) is 0 Å². The minimum absolute atomic E-state index is 0.189. The van der Waals surface area contributed by atoms with Gasteiger partial charge < -0.3 is 9.88 Å². The molecule has 0 saturated heterocycles. The van der Waals surface area contributed by atoms with Crippen LogP contribution >= 0.6 is 0 Å². The smallest absolute Gasteiger partial charge is 0.251 e. The lowest BCUT2D eigenvalue weighted by molar-refractivity contribution is 0.0954. The van der Waals surface area contributed by atoms with E-state index in [4.69, 9.17) is 0 Å². The molecule has 1 N–H and O–H groups in total. The molecule has 3 rings (SSSR count). The third kappa shape index (κ3) is 3.45. The molecule has 1 aromatic carbocycles. The number of pyridine rings is 1. The maximum Gasteiger partial charge on any atom is 0.251 e. The van der Waals surface area contributed by atoms with Gasteiger partial charge in [0, 0.05) is 36.4 Å². The number of rotatable bonds is 6. The number of nitrogens with one attached hydrogen (secondary N) is 1. The van der Waals surface area contributed by atoms with Crippen LogP contribution in [0.2, 0.25) is 0 Å². The topological polar surface area (TPSA) is 46.9 Å². The van der Waals surface area contributed by atoms with Crippen molar-refractivity contribution >= 4 is 16.9 Å². The Morgan fingerprint density at radius 2 is 2.04 bits per heavy atom. The Morgan fingerprint density at radius 3 is 2.79 bits per heavy atom. The molecule has 0 unspecified atom stereocenters. The first-order chi connectivity index (χ1) is 11.7. The number of benzene rings is 1. The molecule has 0 spiro atoms. The van der Waals surface area contributed by atoms with E-state index in [-0.39, 0.29) is 11.7 Å². The summed E-state index contributed by atoms with van der Waals surface area (Å²) in [6.45, 7) is 3.59. The zero-order chi connectivity index (χ0) is 16.9. The second-order valence-corrected chi connectivity index (χ2v) is 5.74. The fraction of sp³-hybridized carbons (Fsp3) is 0.263. The van der Waals surface area contributed by atoms with Crippen LogP contribution < -0.4 is 5.32 Å². The van der Waals surface area contributed by atoms with Gasteiger partial charge in [0.2, 0.25) is 0 Å². The summed E-state index contributed by atoms with van der Waals surface area (Å²) in [5.74, 6) is -0.534. The Hall–Kier alpha value is -2.69. The quantitative estimate of drug-likeness (QED) is 0.753. The van der Waals surface area contributed by atoms with Crippen LogP contribution in [0, 0.1) is 5.82 Å². The molecule has 1 amide bonds. The largest absolute Gasteiger partial charge is 0.352 e. The highest BCUT2D eigenvalue weighted by Gasteiger charge is 2.10. The van der Waals surface area contributed by atoms with Gasteiger partial charge in [-0.2, -0.15) is 0 Å². The minimum atomic E-state index is -0.345. The predicted molar refractivity (Wildman–Crippen MR) is 92.5 cm³/mol. The van der Waals surface area contributed by atoms with E-state index in [1.165, 1.54) is 29.8 Å². The number of amides is 1. The van der Waals surface area contributed by atoms with Gasteiger partial charge in [-0.15, -0.1) is 0 Å². The first kappa shape index (κ1) is 16.2. The zero-order valence-electron chi connectivity index (χ0n) is 13.6. The second kappa shape index (κ2) is 7.25. The lowest BCUT2D eigenvalue weighted by Crippen LogP contribution is -2.25. The summed E-state index contributed by atoms with van der Waals surface area (Å²) in [4.78, 5) is 16.5. The third-order valence-corrected chi connectivity index (χ3v) is 3.97. The highest BCUT2D eigenvalue weighted by molar-refractivity contribution is 5.94. The lowest BCUT2D eigenvalue weighted by Gasteiger charge is -2.05. The fourth-order valence-corrected chi connectivity index (χ4v) is 2.82. The Kier molecular flexibility index (Phi) is 4.89. The Balaban J connectivity index is 1.67. The maximum absolute atomic E-state index is 12.9. The minimum Gasteiger partial charge on any atom is -0.352 e. The number of fused-ring (bicyclic) bond motifs is 1. The molecule has 0 aliphatic heterocycles. The molecule has 0 aliphatic carbocycles. The zero-order valence-corrected chi connectivity index (χ0v) is 13.6. The van der Waals surface area contributed by atoms with E-state index >= 15 is 0 Å². The monoisotopic (exact) mass is 325 g/mol. The molecule has 4 nitrogen and oxygen atoms in total. The van der Waals surface area contributed by atoms with E-state index in [0.717, 1.165) is 30.4 Å². The van der Waals surface area contributed by atoms with Gasteiger partial charge in [-0.1, -0.05) is 6.92 Å². The van der Waals surface area contributed by atoms with Crippen LogP contribution in [0.25, 0.3) is 11.0 Å². The molecule has 2 heterocycles. The molecule has 24 heavy (non-hydrogen) atoms. The lowest BCUT2D eigenvalue weighted by atomic mass is 10.1. The van der Waals surface area contributed by atoms with Crippen molar-refractivity contribution in [2.45, 2.75) is 26.3 Å². The maximum atomic E-state index is 12.9. The van der Waals surface area contributed by atoms with Gasteiger partial charge in [0.1, 0.15) is 11.5 Å². The van der Waals surface area contributed by atoms with Crippen LogP contribution in [-0.2, 0) is 13.0 Å². The Bertz CT molecular complexity index is 839. The summed E-state index contributed by atoms with van der Waals surface area (Å²) in [5.41, 5.74) is 2.62. The van der Waals surface area contributed by atoms with Crippen molar-refractivity contribution in [2.75, 3.05) is 6.54 Å². The molecule has 2 aromatic heterocycles. The number of carbonyl (C=O) groups excluding carboxylic acids is 1. The van der Waals surface area contributed by atoms with Crippen molar-refractivity contribution < 1.29 is 9.18 Å². The van der Waals surface area contributed by atoms with Crippen molar-refractivity contribution in [3.63, 3.8) is 0 Å². The highest BCUT2D eigenvalue weighted by atomic mass is 19.1. The van der Waals surface area contributed by atoms with Gasteiger partial charge in [-0.05, 0) is 54.8 Å². The van der Waals surface area contributed by atoms with E-state index in [2.05, 4.69) is 34.1 Å². The Morgan fingerprint density at radius 1 is 1.25 bits per heavy atom. The summed E-state index contributed by atoms with van der Waals surface area (Å²) in [6.07, 6.45) is 5.69. The SMILES string of the molecule is CCCn1cc(CCNC(=O)c2ccc(F)cc2)c2cccnc21. The average Bonchev–Trinajstić information content (AvgIpc) is 2.94. The van der Waals surface area contributed by atoms with E-state index in [1.807, 2.05) is 6.07 Å².